The number of hydrogen-bond donors (Lipinski definition) is 0. The fourth-order valence-corrected chi connectivity index (χ4v) is 5.00. The quantitative estimate of drug-likeness (QED) is 0.230. The van der Waals surface area contributed by atoms with Crippen LogP contribution in [0.15, 0.2) is 24.3 Å². The maximum atomic E-state index is 5.96. The summed E-state index contributed by atoms with van der Waals surface area (Å²) in [5, 5.41) is 0. The van der Waals surface area contributed by atoms with Crippen LogP contribution in [0.25, 0.3) is 0 Å². The van der Waals surface area contributed by atoms with Crippen molar-refractivity contribution in [2.45, 2.75) is 69.9 Å². The van der Waals surface area contributed by atoms with Crippen LogP contribution in [0.5, 0.6) is 5.75 Å². The van der Waals surface area contributed by atoms with Gasteiger partial charge in [0.25, 0.3) is 0 Å². The second-order valence-corrected chi connectivity index (χ2v) is 16.1. The molecule has 0 heterocycles. The van der Waals surface area contributed by atoms with Gasteiger partial charge in [-0.2, -0.15) is 0 Å². The number of halogens is 3. The molecule has 1 aromatic rings. The molecular formula is C19H29Cl3O2Si. The highest BCUT2D eigenvalue weighted by Crippen LogP contribution is 2.35. The lowest BCUT2D eigenvalue weighted by Gasteiger charge is -2.29. The van der Waals surface area contributed by atoms with E-state index in [1.807, 2.05) is 0 Å². The Morgan fingerprint density at radius 2 is 1.64 bits per heavy atom. The first kappa shape index (κ1) is 21.4. The summed E-state index contributed by atoms with van der Waals surface area (Å²) in [7, 11) is 0. The van der Waals surface area contributed by atoms with E-state index in [0.717, 1.165) is 44.5 Å². The standard InChI is InChI=1S/C19H29Cl3O2Si/c1-2-3-13-23-18-9-5-16(6-10-18)17-7-11-19(12-8-17)24-14-4-15-25(20,21)22/h5-6,9-10,17,19H,2-4,7-8,11-15H2,1H3/t17-,19-. The van der Waals surface area contributed by atoms with Crippen molar-refractivity contribution in [3.8, 4) is 5.75 Å². The molecule has 0 aromatic heterocycles. The minimum Gasteiger partial charge on any atom is -0.494 e. The average Bonchev–Trinajstić information content (AvgIpc) is 2.59. The van der Waals surface area contributed by atoms with Crippen molar-refractivity contribution in [3.05, 3.63) is 29.8 Å². The van der Waals surface area contributed by atoms with Crippen molar-refractivity contribution in [1.29, 1.82) is 0 Å². The van der Waals surface area contributed by atoms with Gasteiger partial charge in [-0.1, -0.05) is 25.5 Å². The van der Waals surface area contributed by atoms with E-state index in [0.29, 0.717) is 24.7 Å². The third-order valence-electron chi connectivity index (χ3n) is 4.75. The molecule has 6 heteroatoms. The van der Waals surface area contributed by atoms with Crippen LogP contribution >= 0.6 is 33.2 Å². The third kappa shape index (κ3) is 8.53. The van der Waals surface area contributed by atoms with Crippen LogP contribution < -0.4 is 4.74 Å². The molecule has 0 spiro atoms. The Bertz CT molecular complexity index is 482. The van der Waals surface area contributed by atoms with Gasteiger partial charge in [0, 0.05) is 6.61 Å². The Labute approximate surface area is 167 Å². The molecule has 1 aliphatic rings. The van der Waals surface area contributed by atoms with Gasteiger partial charge in [-0.15, -0.1) is 33.2 Å². The van der Waals surface area contributed by atoms with E-state index in [-0.39, 0.29) is 0 Å². The number of hydrogen-bond acceptors (Lipinski definition) is 2. The van der Waals surface area contributed by atoms with Crippen LogP contribution in [0.2, 0.25) is 6.04 Å². The Morgan fingerprint density at radius 3 is 2.24 bits per heavy atom. The molecule has 0 bridgehead atoms. The van der Waals surface area contributed by atoms with Crippen molar-refractivity contribution in [1.82, 2.24) is 0 Å². The lowest BCUT2D eigenvalue weighted by Crippen LogP contribution is -2.22. The summed E-state index contributed by atoms with van der Waals surface area (Å²) in [4.78, 5) is 0. The fraction of sp³-hybridized carbons (Fsp3) is 0.684. The highest BCUT2D eigenvalue weighted by molar-refractivity contribution is 7.64. The Morgan fingerprint density at radius 1 is 0.960 bits per heavy atom. The molecular weight excluding hydrogens is 395 g/mol. The molecule has 142 valence electrons. The van der Waals surface area contributed by atoms with Gasteiger partial charge in [0.1, 0.15) is 5.75 Å². The zero-order valence-electron chi connectivity index (χ0n) is 15.0. The largest absolute Gasteiger partial charge is 0.494 e. The van der Waals surface area contributed by atoms with Gasteiger partial charge in [0.15, 0.2) is 0 Å². The first-order valence-electron chi connectivity index (χ1n) is 9.39. The predicted molar refractivity (Wildman–Crippen MR) is 111 cm³/mol. The maximum absolute atomic E-state index is 5.96. The van der Waals surface area contributed by atoms with Crippen LogP contribution in [0.1, 0.15) is 63.4 Å². The number of unbranched alkanes of at least 4 members (excludes halogenated alkanes) is 1. The normalized spacial score (nSPS) is 21.3. The summed E-state index contributed by atoms with van der Waals surface area (Å²) in [5.74, 6) is 1.62. The van der Waals surface area contributed by atoms with E-state index in [9.17, 15) is 0 Å². The third-order valence-corrected chi connectivity index (χ3v) is 7.37. The first-order valence-corrected chi connectivity index (χ1v) is 14.6. The first-order chi connectivity index (χ1) is 12.0. The van der Waals surface area contributed by atoms with Gasteiger partial charge < -0.3 is 9.47 Å². The molecule has 0 unspecified atom stereocenters. The minimum absolute atomic E-state index is 0.366. The van der Waals surface area contributed by atoms with Gasteiger partial charge in [0.05, 0.1) is 12.7 Å². The van der Waals surface area contributed by atoms with Gasteiger partial charge in [-0.25, -0.2) is 0 Å². The molecule has 0 atom stereocenters. The molecule has 0 N–H and O–H groups in total. The maximum Gasteiger partial charge on any atom is 0.341 e. The van der Waals surface area contributed by atoms with Crippen LogP contribution in [-0.4, -0.2) is 25.3 Å². The van der Waals surface area contributed by atoms with Crippen molar-refractivity contribution in [2.24, 2.45) is 0 Å². The van der Waals surface area contributed by atoms with E-state index in [1.165, 1.54) is 18.4 Å². The smallest absolute Gasteiger partial charge is 0.341 e. The van der Waals surface area contributed by atoms with Gasteiger partial charge in [0.2, 0.25) is 0 Å². The fourth-order valence-electron chi connectivity index (χ4n) is 3.26. The zero-order valence-corrected chi connectivity index (χ0v) is 18.3. The van der Waals surface area contributed by atoms with Crippen LogP contribution in [-0.2, 0) is 4.74 Å². The topological polar surface area (TPSA) is 18.5 Å². The molecule has 2 nitrogen and oxygen atoms in total. The minimum atomic E-state index is -2.49. The van der Waals surface area contributed by atoms with E-state index in [4.69, 9.17) is 42.7 Å². The number of ether oxygens (including phenoxy) is 2. The molecule has 0 aliphatic heterocycles. The highest BCUT2D eigenvalue weighted by atomic mass is 35.8. The van der Waals surface area contributed by atoms with Crippen molar-refractivity contribution >= 4 is 39.2 Å². The molecule has 1 fully saturated rings. The molecule has 1 aliphatic carbocycles. The highest BCUT2D eigenvalue weighted by Gasteiger charge is 2.25. The lowest BCUT2D eigenvalue weighted by molar-refractivity contribution is 0.0251. The summed E-state index contributed by atoms with van der Waals surface area (Å²) in [5.41, 5.74) is 1.42. The van der Waals surface area contributed by atoms with Crippen LogP contribution in [0, 0.1) is 0 Å². The summed E-state index contributed by atoms with van der Waals surface area (Å²) >= 11 is 17.7. The summed E-state index contributed by atoms with van der Waals surface area (Å²) < 4.78 is 11.7. The van der Waals surface area contributed by atoms with Crippen LogP contribution in [0.4, 0.5) is 0 Å². The summed E-state index contributed by atoms with van der Waals surface area (Å²) in [6, 6.07) is 6.84. The zero-order chi connectivity index (χ0) is 18.1. The number of rotatable bonds is 10. The predicted octanol–water partition coefficient (Wildman–Crippen LogP) is 6.95. The van der Waals surface area contributed by atoms with E-state index in [2.05, 4.69) is 31.2 Å². The van der Waals surface area contributed by atoms with Gasteiger partial charge >= 0.3 is 6.00 Å². The molecule has 1 saturated carbocycles. The second kappa shape index (κ2) is 11.0. The molecule has 0 radical (unpaired) electrons. The van der Waals surface area contributed by atoms with Gasteiger partial charge in [-0.3, -0.25) is 0 Å². The molecule has 0 saturated heterocycles. The molecule has 25 heavy (non-hydrogen) atoms. The Kier molecular flexibility index (Phi) is 9.43. The molecule has 0 amide bonds. The lowest BCUT2D eigenvalue weighted by atomic mass is 9.83. The average molecular weight is 424 g/mol. The SMILES string of the molecule is CCCCOc1ccc([C@H]2CC[C@H](OCCC[Si](Cl)(Cl)Cl)CC2)cc1. The van der Waals surface area contributed by atoms with Crippen molar-refractivity contribution in [3.63, 3.8) is 0 Å². The Balaban J connectivity index is 1.67. The second-order valence-electron chi connectivity index (χ2n) is 6.83. The molecule has 1 aromatic carbocycles. The van der Waals surface area contributed by atoms with Gasteiger partial charge in [-0.05, 0) is 68.2 Å². The van der Waals surface area contributed by atoms with Crippen molar-refractivity contribution < 1.29 is 9.47 Å². The Hall–Kier alpha value is 0.0669. The van der Waals surface area contributed by atoms with Crippen molar-refractivity contribution in [2.75, 3.05) is 13.2 Å². The van der Waals surface area contributed by atoms with Crippen LogP contribution in [0.3, 0.4) is 0 Å². The van der Waals surface area contributed by atoms with E-state index >= 15 is 0 Å². The van der Waals surface area contributed by atoms with E-state index < -0.39 is 6.00 Å². The monoisotopic (exact) mass is 422 g/mol. The molecule has 2 rings (SSSR count). The summed E-state index contributed by atoms with van der Waals surface area (Å²) in [6.07, 6.45) is 8.08. The number of benzene rings is 1. The summed E-state index contributed by atoms with van der Waals surface area (Å²) in [6.45, 7) is 3.69. The van der Waals surface area contributed by atoms with E-state index in [1.54, 1.807) is 0 Å².